The van der Waals surface area contributed by atoms with Gasteiger partial charge in [-0.25, -0.2) is 0 Å². The Morgan fingerprint density at radius 1 is 1.24 bits per heavy atom. The highest BCUT2D eigenvalue weighted by Gasteiger charge is 2.10. The first kappa shape index (κ1) is 15.4. The SMILES string of the molecule is Cc1ccc(NC(=O)COc2c(Cl)cccc2CO)cc1. The van der Waals surface area contributed by atoms with Gasteiger partial charge in [0.1, 0.15) is 5.75 Å². The Hall–Kier alpha value is -2.04. The van der Waals surface area contributed by atoms with Crippen molar-refractivity contribution in [1.82, 2.24) is 0 Å². The first-order valence-electron chi connectivity index (χ1n) is 6.47. The number of aliphatic hydroxyl groups excluding tert-OH is 1. The van der Waals surface area contributed by atoms with Gasteiger partial charge in [-0.1, -0.05) is 41.4 Å². The lowest BCUT2D eigenvalue weighted by Crippen LogP contribution is -2.20. The van der Waals surface area contributed by atoms with Gasteiger partial charge in [0.15, 0.2) is 6.61 Å². The van der Waals surface area contributed by atoms with Gasteiger partial charge >= 0.3 is 0 Å². The summed E-state index contributed by atoms with van der Waals surface area (Å²) in [6, 6.07) is 12.5. The molecule has 0 heterocycles. The molecule has 0 saturated carbocycles. The monoisotopic (exact) mass is 305 g/mol. The van der Waals surface area contributed by atoms with E-state index in [0.717, 1.165) is 5.56 Å². The van der Waals surface area contributed by atoms with Crippen molar-refractivity contribution in [3.05, 3.63) is 58.6 Å². The van der Waals surface area contributed by atoms with Crippen LogP contribution in [0.2, 0.25) is 5.02 Å². The minimum Gasteiger partial charge on any atom is -0.482 e. The van der Waals surface area contributed by atoms with Gasteiger partial charge in [-0.2, -0.15) is 0 Å². The van der Waals surface area contributed by atoms with Crippen LogP contribution in [0.25, 0.3) is 0 Å². The van der Waals surface area contributed by atoms with Crippen LogP contribution in [0.5, 0.6) is 5.75 Å². The molecule has 5 heteroatoms. The summed E-state index contributed by atoms with van der Waals surface area (Å²) in [5.41, 5.74) is 2.37. The zero-order valence-electron chi connectivity index (χ0n) is 11.6. The molecule has 0 unspecified atom stereocenters. The highest BCUT2D eigenvalue weighted by atomic mass is 35.5. The van der Waals surface area contributed by atoms with E-state index in [1.165, 1.54) is 0 Å². The van der Waals surface area contributed by atoms with Crippen molar-refractivity contribution in [2.24, 2.45) is 0 Å². The van der Waals surface area contributed by atoms with E-state index in [1.54, 1.807) is 18.2 Å². The fourth-order valence-corrected chi connectivity index (χ4v) is 2.06. The Bertz CT molecular complexity index is 626. The third kappa shape index (κ3) is 4.21. The van der Waals surface area contributed by atoms with Gasteiger partial charge in [0, 0.05) is 11.3 Å². The summed E-state index contributed by atoms with van der Waals surface area (Å²) < 4.78 is 5.41. The van der Waals surface area contributed by atoms with E-state index in [1.807, 2.05) is 31.2 Å². The maximum Gasteiger partial charge on any atom is 0.262 e. The van der Waals surface area contributed by atoms with Crippen LogP contribution in [0, 0.1) is 6.92 Å². The summed E-state index contributed by atoms with van der Waals surface area (Å²) in [5, 5.41) is 12.3. The molecular weight excluding hydrogens is 290 g/mol. The number of halogens is 1. The number of amides is 1. The number of benzene rings is 2. The first-order valence-corrected chi connectivity index (χ1v) is 6.85. The lowest BCUT2D eigenvalue weighted by atomic mass is 10.2. The predicted octanol–water partition coefficient (Wildman–Crippen LogP) is 3.16. The van der Waals surface area contributed by atoms with Crippen LogP contribution in [-0.2, 0) is 11.4 Å². The fraction of sp³-hybridized carbons (Fsp3) is 0.188. The molecule has 0 aliphatic carbocycles. The summed E-state index contributed by atoms with van der Waals surface area (Å²) in [6.07, 6.45) is 0. The number of aliphatic hydroxyl groups is 1. The standard InChI is InChI=1S/C16H16ClNO3/c1-11-5-7-13(8-6-11)18-15(20)10-21-16-12(9-19)3-2-4-14(16)17/h2-8,19H,9-10H2,1H3,(H,18,20). The molecule has 2 rings (SSSR count). The van der Waals surface area contributed by atoms with Gasteiger partial charge in [0.05, 0.1) is 11.6 Å². The Morgan fingerprint density at radius 2 is 1.95 bits per heavy atom. The highest BCUT2D eigenvalue weighted by Crippen LogP contribution is 2.28. The van der Waals surface area contributed by atoms with E-state index in [-0.39, 0.29) is 19.1 Å². The third-order valence-corrected chi connectivity index (χ3v) is 3.20. The topological polar surface area (TPSA) is 58.6 Å². The van der Waals surface area contributed by atoms with Gasteiger partial charge in [-0.3, -0.25) is 4.79 Å². The number of anilines is 1. The molecule has 0 aliphatic rings. The largest absolute Gasteiger partial charge is 0.482 e. The first-order chi connectivity index (χ1) is 10.1. The van der Waals surface area contributed by atoms with E-state index < -0.39 is 0 Å². The summed E-state index contributed by atoms with van der Waals surface area (Å²) in [5.74, 6) is 0.0448. The third-order valence-electron chi connectivity index (χ3n) is 2.90. The second kappa shape index (κ2) is 7.11. The number of carbonyl (C=O) groups is 1. The van der Waals surface area contributed by atoms with Crippen LogP contribution in [0.15, 0.2) is 42.5 Å². The summed E-state index contributed by atoms with van der Waals surface area (Å²) in [6.45, 7) is 1.60. The molecule has 2 aromatic carbocycles. The van der Waals surface area contributed by atoms with E-state index in [0.29, 0.717) is 22.0 Å². The number of nitrogens with one attached hydrogen (secondary N) is 1. The summed E-state index contributed by atoms with van der Waals surface area (Å²) >= 11 is 6.00. The Kier molecular flexibility index (Phi) is 5.20. The molecule has 0 aliphatic heterocycles. The maximum absolute atomic E-state index is 11.8. The van der Waals surface area contributed by atoms with Crippen LogP contribution >= 0.6 is 11.6 Å². The van der Waals surface area contributed by atoms with Crippen LogP contribution in [0.1, 0.15) is 11.1 Å². The number of rotatable bonds is 5. The lowest BCUT2D eigenvalue weighted by Gasteiger charge is -2.12. The normalized spacial score (nSPS) is 10.2. The van der Waals surface area contributed by atoms with Crippen molar-refractivity contribution in [2.45, 2.75) is 13.5 Å². The number of para-hydroxylation sites is 1. The van der Waals surface area contributed by atoms with Crippen molar-refractivity contribution in [3.63, 3.8) is 0 Å². The second-order valence-corrected chi connectivity index (χ2v) is 5.00. The van der Waals surface area contributed by atoms with Crippen molar-refractivity contribution in [2.75, 3.05) is 11.9 Å². The Labute approximate surface area is 128 Å². The number of carbonyl (C=O) groups excluding carboxylic acids is 1. The minimum atomic E-state index is -0.289. The van der Waals surface area contributed by atoms with Crippen molar-refractivity contribution in [1.29, 1.82) is 0 Å². The average Bonchev–Trinajstić information content (AvgIpc) is 2.48. The molecule has 110 valence electrons. The van der Waals surface area contributed by atoms with Gasteiger partial charge in [-0.15, -0.1) is 0 Å². The molecule has 1 amide bonds. The van der Waals surface area contributed by atoms with Crippen molar-refractivity contribution in [3.8, 4) is 5.75 Å². The summed E-state index contributed by atoms with van der Waals surface area (Å²) in [4.78, 5) is 11.8. The molecule has 2 N–H and O–H groups in total. The fourth-order valence-electron chi connectivity index (χ4n) is 1.81. The average molecular weight is 306 g/mol. The van der Waals surface area contributed by atoms with Crippen molar-refractivity contribution < 1.29 is 14.6 Å². The van der Waals surface area contributed by atoms with Crippen molar-refractivity contribution >= 4 is 23.2 Å². The van der Waals surface area contributed by atoms with Gasteiger partial charge in [0.2, 0.25) is 0 Å². The van der Waals surface area contributed by atoms with E-state index in [4.69, 9.17) is 16.3 Å². The number of ether oxygens (including phenoxy) is 1. The molecule has 0 fully saturated rings. The van der Waals surface area contributed by atoms with Crippen LogP contribution in [0.3, 0.4) is 0 Å². The molecule has 0 saturated heterocycles. The van der Waals surface area contributed by atoms with E-state index >= 15 is 0 Å². The van der Waals surface area contributed by atoms with Gasteiger partial charge in [-0.05, 0) is 25.1 Å². The summed E-state index contributed by atoms with van der Waals surface area (Å²) in [7, 11) is 0. The molecule has 0 atom stereocenters. The van der Waals surface area contributed by atoms with Crippen LogP contribution in [0.4, 0.5) is 5.69 Å². The van der Waals surface area contributed by atoms with Gasteiger partial charge < -0.3 is 15.2 Å². The Morgan fingerprint density at radius 3 is 2.62 bits per heavy atom. The molecule has 21 heavy (non-hydrogen) atoms. The molecule has 0 bridgehead atoms. The van der Waals surface area contributed by atoms with Gasteiger partial charge in [0.25, 0.3) is 5.91 Å². The second-order valence-electron chi connectivity index (χ2n) is 4.59. The van der Waals surface area contributed by atoms with Crippen LogP contribution < -0.4 is 10.1 Å². The molecule has 2 aromatic rings. The molecule has 0 radical (unpaired) electrons. The smallest absolute Gasteiger partial charge is 0.262 e. The molecule has 0 spiro atoms. The van der Waals surface area contributed by atoms with E-state index in [9.17, 15) is 9.90 Å². The number of hydrogen-bond acceptors (Lipinski definition) is 3. The molecule has 0 aromatic heterocycles. The quantitative estimate of drug-likeness (QED) is 0.892. The zero-order valence-corrected chi connectivity index (χ0v) is 12.4. The van der Waals surface area contributed by atoms with Crippen LogP contribution in [-0.4, -0.2) is 17.6 Å². The number of aryl methyl sites for hydroxylation is 1. The Balaban J connectivity index is 1.97. The number of hydrogen-bond donors (Lipinski definition) is 2. The molecular formula is C16H16ClNO3. The predicted molar refractivity (Wildman–Crippen MR) is 82.7 cm³/mol. The zero-order chi connectivity index (χ0) is 15.2. The van der Waals surface area contributed by atoms with E-state index in [2.05, 4.69) is 5.32 Å². The molecule has 4 nitrogen and oxygen atoms in total. The minimum absolute atomic E-state index is 0.176. The lowest BCUT2D eigenvalue weighted by molar-refractivity contribution is -0.118. The highest BCUT2D eigenvalue weighted by molar-refractivity contribution is 6.32. The maximum atomic E-state index is 11.8.